The van der Waals surface area contributed by atoms with Crippen LogP contribution >= 0.6 is 0 Å². The summed E-state index contributed by atoms with van der Waals surface area (Å²) in [5.41, 5.74) is 3.40. The molecule has 1 amide bonds. The van der Waals surface area contributed by atoms with Crippen molar-refractivity contribution in [2.45, 2.75) is 13.8 Å². The van der Waals surface area contributed by atoms with Crippen molar-refractivity contribution in [3.05, 3.63) is 57.8 Å². The zero-order valence-corrected chi connectivity index (χ0v) is 16.9. The summed E-state index contributed by atoms with van der Waals surface area (Å²) < 4.78 is 1.25. The molecule has 2 aromatic heterocycles. The Morgan fingerprint density at radius 1 is 1.13 bits per heavy atom. The van der Waals surface area contributed by atoms with Crippen LogP contribution < -0.4 is 10.2 Å². The number of hydrogen-bond donors (Lipinski definition) is 1. The maximum absolute atomic E-state index is 12.5. The molecule has 0 radical (unpaired) electrons. The molecule has 3 heterocycles. The highest BCUT2D eigenvalue weighted by Crippen LogP contribution is 2.20. The van der Waals surface area contributed by atoms with Gasteiger partial charge < -0.3 is 20.3 Å². The van der Waals surface area contributed by atoms with Crippen LogP contribution in [-0.2, 0) is 4.79 Å². The number of nitro groups is 1. The molecule has 1 aromatic carbocycles. The van der Waals surface area contributed by atoms with Gasteiger partial charge in [-0.25, -0.2) is 4.98 Å². The highest BCUT2D eigenvalue weighted by molar-refractivity contribution is 5.93. The number of fused-ring (bicyclic) bond motifs is 1. The van der Waals surface area contributed by atoms with Crippen LogP contribution in [0, 0.1) is 24.0 Å². The maximum atomic E-state index is 12.5. The Morgan fingerprint density at radius 3 is 2.50 bits per heavy atom. The number of piperazine rings is 1. The van der Waals surface area contributed by atoms with Gasteiger partial charge in [0.1, 0.15) is 6.20 Å². The van der Waals surface area contributed by atoms with E-state index < -0.39 is 4.92 Å². The van der Waals surface area contributed by atoms with Gasteiger partial charge in [-0.05, 0) is 36.0 Å². The standard InChI is InChI=1S/C20H23N7O3/c1-14-4-3-5-15(2)20(14)22-18(28)13-24-8-10-25(11-9-24)17-7-6-16-21-12-19(27(29)30)26(16)23-17/h3-7,12H,8-11,13H2,1-2H3,(H,22,28). The number of hydrogen-bond acceptors (Lipinski definition) is 7. The van der Waals surface area contributed by atoms with Crippen molar-refractivity contribution < 1.29 is 9.72 Å². The van der Waals surface area contributed by atoms with Gasteiger partial charge in [0, 0.05) is 37.9 Å². The van der Waals surface area contributed by atoms with E-state index in [1.54, 1.807) is 6.07 Å². The average molecular weight is 409 g/mol. The van der Waals surface area contributed by atoms with Crippen molar-refractivity contribution in [2.75, 3.05) is 42.9 Å². The van der Waals surface area contributed by atoms with Crippen molar-refractivity contribution >= 4 is 28.9 Å². The van der Waals surface area contributed by atoms with Crippen LogP contribution in [0.2, 0.25) is 0 Å². The number of nitrogens with one attached hydrogen (secondary N) is 1. The van der Waals surface area contributed by atoms with Crippen LogP contribution in [0.25, 0.3) is 5.65 Å². The Hall–Kier alpha value is -3.53. The first-order valence-corrected chi connectivity index (χ1v) is 9.75. The van der Waals surface area contributed by atoms with Gasteiger partial charge in [0.05, 0.1) is 6.54 Å². The fraction of sp³-hybridized carbons (Fsp3) is 0.350. The molecule has 0 aliphatic carbocycles. The Balaban J connectivity index is 1.37. The molecular weight excluding hydrogens is 386 g/mol. The second-order valence-corrected chi connectivity index (χ2v) is 7.41. The van der Waals surface area contributed by atoms with Gasteiger partial charge in [0.25, 0.3) is 0 Å². The minimum Gasteiger partial charge on any atom is -0.358 e. The van der Waals surface area contributed by atoms with E-state index in [0.717, 1.165) is 16.8 Å². The molecule has 1 aliphatic heterocycles. The molecule has 0 saturated carbocycles. The van der Waals surface area contributed by atoms with Crippen molar-refractivity contribution in [2.24, 2.45) is 0 Å². The zero-order chi connectivity index (χ0) is 21.3. The predicted molar refractivity (Wildman–Crippen MR) is 113 cm³/mol. The third kappa shape index (κ3) is 3.94. The van der Waals surface area contributed by atoms with E-state index in [-0.39, 0.29) is 11.7 Å². The number of rotatable bonds is 5. The normalized spacial score (nSPS) is 14.8. The van der Waals surface area contributed by atoms with Crippen molar-refractivity contribution in [1.82, 2.24) is 19.5 Å². The second kappa shape index (κ2) is 8.07. The summed E-state index contributed by atoms with van der Waals surface area (Å²) in [4.78, 5) is 31.3. The summed E-state index contributed by atoms with van der Waals surface area (Å²) in [6.45, 7) is 7.04. The Labute approximate surface area is 173 Å². The number of aromatic nitrogens is 3. The minimum atomic E-state index is -0.497. The number of para-hydroxylation sites is 1. The van der Waals surface area contributed by atoms with Crippen molar-refractivity contribution in [1.29, 1.82) is 0 Å². The first kappa shape index (κ1) is 19.8. The van der Waals surface area contributed by atoms with Crippen LogP contribution in [0.15, 0.2) is 36.5 Å². The summed E-state index contributed by atoms with van der Waals surface area (Å²) in [6, 6.07) is 9.48. The average Bonchev–Trinajstić information content (AvgIpc) is 3.15. The van der Waals surface area contributed by atoms with E-state index in [0.29, 0.717) is 44.2 Å². The molecular formula is C20H23N7O3. The number of nitrogens with zero attached hydrogens (tertiary/aromatic N) is 6. The number of benzene rings is 1. The fourth-order valence-corrected chi connectivity index (χ4v) is 3.67. The third-order valence-electron chi connectivity index (χ3n) is 5.33. The highest BCUT2D eigenvalue weighted by Gasteiger charge is 2.23. The highest BCUT2D eigenvalue weighted by atomic mass is 16.6. The lowest BCUT2D eigenvalue weighted by molar-refractivity contribution is -0.391. The van der Waals surface area contributed by atoms with E-state index in [9.17, 15) is 14.9 Å². The van der Waals surface area contributed by atoms with Gasteiger partial charge in [-0.2, -0.15) is 0 Å². The quantitative estimate of drug-likeness (QED) is 0.507. The largest absolute Gasteiger partial charge is 0.368 e. The van der Waals surface area contributed by atoms with Crippen molar-refractivity contribution in [3.8, 4) is 0 Å². The lowest BCUT2D eigenvalue weighted by atomic mass is 10.1. The van der Waals surface area contributed by atoms with Gasteiger partial charge in [0.2, 0.25) is 11.6 Å². The first-order valence-electron chi connectivity index (χ1n) is 9.75. The molecule has 10 nitrogen and oxygen atoms in total. The van der Waals surface area contributed by atoms with E-state index in [2.05, 4.69) is 25.2 Å². The van der Waals surface area contributed by atoms with Gasteiger partial charge in [-0.3, -0.25) is 9.69 Å². The molecule has 1 fully saturated rings. The third-order valence-corrected chi connectivity index (χ3v) is 5.33. The van der Waals surface area contributed by atoms with Gasteiger partial charge >= 0.3 is 5.82 Å². The Morgan fingerprint density at radius 2 is 1.83 bits per heavy atom. The number of carbonyl (C=O) groups excluding carboxylic acids is 1. The van der Waals surface area contributed by atoms with Crippen LogP contribution in [-0.4, -0.2) is 63.1 Å². The molecule has 156 valence electrons. The minimum absolute atomic E-state index is 0.0329. The first-order chi connectivity index (χ1) is 14.4. The fourth-order valence-electron chi connectivity index (χ4n) is 3.67. The zero-order valence-electron chi connectivity index (χ0n) is 16.9. The molecule has 10 heteroatoms. The Kier molecular flexibility index (Phi) is 5.32. The summed E-state index contributed by atoms with van der Waals surface area (Å²) in [5, 5.41) is 18.5. The molecule has 30 heavy (non-hydrogen) atoms. The predicted octanol–water partition coefficient (Wildman–Crippen LogP) is 2.02. The van der Waals surface area contributed by atoms with Crippen molar-refractivity contribution in [3.63, 3.8) is 0 Å². The molecule has 1 N–H and O–H groups in total. The molecule has 3 aromatic rings. The molecule has 1 aliphatic rings. The van der Waals surface area contributed by atoms with Crippen LogP contribution in [0.4, 0.5) is 17.3 Å². The number of aryl methyl sites for hydroxylation is 2. The molecule has 0 spiro atoms. The SMILES string of the molecule is Cc1cccc(C)c1NC(=O)CN1CCN(c2ccc3ncc([N+](=O)[O-])n3n2)CC1. The van der Waals surface area contributed by atoms with E-state index in [4.69, 9.17) is 0 Å². The molecule has 4 rings (SSSR count). The Bertz CT molecular complexity index is 1080. The topological polar surface area (TPSA) is 109 Å². The molecule has 0 bridgehead atoms. The summed E-state index contributed by atoms with van der Waals surface area (Å²) in [7, 11) is 0. The summed E-state index contributed by atoms with van der Waals surface area (Å²) in [6.07, 6.45) is 1.21. The van der Waals surface area contributed by atoms with Gasteiger partial charge in [-0.1, -0.05) is 27.8 Å². The van der Waals surface area contributed by atoms with E-state index in [1.807, 2.05) is 38.1 Å². The van der Waals surface area contributed by atoms with Gasteiger partial charge in [0.15, 0.2) is 5.82 Å². The number of anilines is 2. The lowest BCUT2D eigenvalue weighted by Gasteiger charge is -2.34. The number of amides is 1. The molecule has 0 atom stereocenters. The molecule has 1 saturated heterocycles. The van der Waals surface area contributed by atoms with E-state index in [1.165, 1.54) is 10.7 Å². The second-order valence-electron chi connectivity index (χ2n) is 7.41. The summed E-state index contributed by atoms with van der Waals surface area (Å²) >= 11 is 0. The summed E-state index contributed by atoms with van der Waals surface area (Å²) in [5.74, 6) is 0.464. The number of imidazole rings is 1. The van der Waals surface area contributed by atoms with Gasteiger partial charge in [-0.15, -0.1) is 0 Å². The maximum Gasteiger partial charge on any atom is 0.368 e. The van der Waals surface area contributed by atoms with Crippen LogP contribution in [0.3, 0.4) is 0 Å². The smallest absolute Gasteiger partial charge is 0.358 e. The lowest BCUT2D eigenvalue weighted by Crippen LogP contribution is -2.49. The van der Waals surface area contributed by atoms with Crippen LogP contribution in [0.5, 0.6) is 0 Å². The molecule has 0 unspecified atom stereocenters. The van der Waals surface area contributed by atoms with Crippen LogP contribution in [0.1, 0.15) is 11.1 Å². The van der Waals surface area contributed by atoms with E-state index >= 15 is 0 Å². The number of carbonyl (C=O) groups is 1. The monoisotopic (exact) mass is 409 g/mol.